The summed E-state index contributed by atoms with van der Waals surface area (Å²) in [5.74, 6) is -2.51. The molecule has 5 atom stereocenters. The van der Waals surface area contributed by atoms with Gasteiger partial charge in [0.2, 0.25) is 11.8 Å². The quantitative estimate of drug-likeness (QED) is 0.254. The molecule has 1 fully saturated rings. The number of nitrogens with zero attached hydrogens (tertiary/aromatic N) is 2. The molecule has 4 amide bonds. The molecular formula is C34H52N5NaO6. The second-order valence-electron chi connectivity index (χ2n) is 13.6. The predicted octanol–water partition coefficient (Wildman–Crippen LogP) is 0.479. The van der Waals surface area contributed by atoms with Crippen molar-refractivity contribution in [1.29, 1.82) is 0 Å². The van der Waals surface area contributed by atoms with Gasteiger partial charge >= 0.3 is 35.6 Å². The fourth-order valence-corrected chi connectivity index (χ4v) is 6.23. The number of likely N-dealkylation sites (tertiary alicyclic amines) is 1. The number of amides is 4. The number of carbonyl (C=O) groups excluding carboxylic acids is 4. The topological polar surface area (TPSA) is 145 Å². The van der Waals surface area contributed by atoms with Crippen LogP contribution in [0.2, 0.25) is 0 Å². The molecule has 250 valence electrons. The number of hydrogen-bond acceptors (Lipinski definition) is 6. The molecule has 2 heterocycles. The van der Waals surface area contributed by atoms with Crippen molar-refractivity contribution in [3.63, 3.8) is 0 Å². The maximum atomic E-state index is 14.0. The molecule has 1 aromatic heterocycles. The van der Waals surface area contributed by atoms with Crippen LogP contribution >= 0.6 is 0 Å². The zero-order valence-corrected chi connectivity index (χ0v) is 31.0. The number of methoxy groups -OCH3 is 1. The first-order chi connectivity index (χ1) is 21.2. The average molecular weight is 650 g/mol. The van der Waals surface area contributed by atoms with Crippen LogP contribution in [-0.2, 0) is 32.3 Å². The van der Waals surface area contributed by atoms with Gasteiger partial charge in [0.15, 0.2) is 0 Å². The Morgan fingerprint density at radius 1 is 0.978 bits per heavy atom. The third-order valence-corrected chi connectivity index (χ3v) is 8.50. The number of carboxylic acid groups (broad SMARTS) is 1. The summed E-state index contributed by atoms with van der Waals surface area (Å²) in [6.45, 7) is 12.2. The number of carboxylic acids is 1. The summed E-state index contributed by atoms with van der Waals surface area (Å²) in [6, 6.07) is 4.23. The third kappa shape index (κ3) is 11.0. The number of urea groups is 1. The summed E-state index contributed by atoms with van der Waals surface area (Å²) in [7, 11) is 1.59. The number of aliphatic carboxylic acids is 1. The van der Waals surface area contributed by atoms with E-state index in [4.69, 9.17) is 4.74 Å². The number of fused-ring (bicyclic) bond motifs is 1. The molecule has 0 radical (unpaired) electrons. The van der Waals surface area contributed by atoms with Crippen LogP contribution in [0.25, 0.3) is 10.9 Å². The van der Waals surface area contributed by atoms with Crippen molar-refractivity contribution in [2.24, 2.45) is 5.41 Å². The van der Waals surface area contributed by atoms with E-state index in [9.17, 15) is 24.3 Å². The summed E-state index contributed by atoms with van der Waals surface area (Å²) in [4.78, 5) is 55.0. The number of aromatic nitrogens is 1. The smallest absolute Gasteiger partial charge is 0.548 e. The van der Waals surface area contributed by atoms with Crippen LogP contribution in [0.3, 0.4) is 0 Å². The Hall–Kier alpha value is -2.60. The molecule has 46 heavy (non-hydrogen) atoms. The molecule has 1 saturated heterocycles. The standard InChI is InChI=1S/C34H53N5O6.Na/c1-8-9-16-26(32(42)43)35-30(40)27(18-24-20-38(21-45-7)29-17-11-10-15-25(24)29)36-31(41)28(19-34(4,5)6)37-33(44)39-22(2)13-12-14-23(39)3;/h10-11,15,17,20,22-23,26-28H,8-9,12-14,16,18-19,21H2,1-7H3,(H,35,40)(H,36,41)(H,37,44)(H,42,43);/q;+1/p-1. The maximum Gasteiger partial charge on any atom is 1.00 e. The number of benzene rings is 1. The Bertz CT molecular complexity index is 1310. The molecule has 3 rings (SSSR count). The first-order valence-electron chi connectivity index (χ1n) is 16.2. The van der Waals surface area contributed by atoms with Crippen molar-refractivity contribution in [3.05, 3.63) is 36.0 Å². The Kier molecular flexibility index (Phi) is 15.6. The van der Waals surface area contributed by atoms with Crippen molar-refractivity contribution in [3.8, 4) is 0 Å². The van der Waals surface area contributed by atoms with E-state index in [-0.39, 0.29) is 65.9 Å². The van der Waals surface area contributed by atoms with E-state index in [1.165, 1.54) is 0 Å². The molecular weight excluding hydrogens is 597 g/mol. The zero-order chi connectivity index (χ0) is 33.3. The van der Waals surface area contributed by atoms with Crippen LogP contribution in [0.5, 0.6) is 0 Å². The van der Waals surface area contributed by atoms with Crippen LogP contribution in [-0.4, -0.2) is 70.6 Å². The minimum atomic E-state index is -1.37. The van der Waals surface area contributed by atoms with Gasteiger partial charge in [0.1, 0.15) is 18.8 Å². The van der Waals surface area contributed by atoms with Gasteiger partial charge in [0.05, 0.1) is 17.5 Å². The van der Waals surface area contributed by atoms with Crippen molar-refractivity contribution in [2.75, 3.05) is 7.11 Å². The van der Waals surface area contributed by atoms with Gasteiger partial charge in [0, 0.05) is 37.2 Å². The summed E-state index contributed by atoms with van der Waals surface area (Å²) in [5, 5.41) is 21.2. The van der Waals surface area contributed by atoms with E-state index in [0.29, 0.717) is 19.6 Å². The number of carbonyl (C=O) groups is 4. The van der Waals surface area contributed by atoms with E-state index < -0.39 is 35.9 Å². The number of para-hydroxylation sites is 1. The predicted molar refractivity (Wildman–Crippen MR) is 172 cm³/mol. The Labute approximate surface area is 295 Å². The largest absolute Gasteiger partial charge is 1.00 e. The number of unbranched alkanes of at least 4 members (excludes halogenated alkanes) is 1. The van der Waals surface area contributed by atoms with Crippen molar-refractivity contribution in [1.82, 2.24) is 25.4 Å². The van der Waals surface area contributed by atoms with Crippen LogP contribution in [0.4, 0.5) is 4.79 Å². The average Bonchev–Trinajstić information content (AvgIpc) is 3.30. The van der Waals surface area contributed by atoms with Gasteiger partial charge in [-0.25, -0.2) is 4.79 Å². The Balaban J connectivity index is 0.00000736. The molecule has 11 nitrogen and oxygen atoms in total. The maximum absolute atomic E-state index is 14.0. The van der Waals surface area contributed by atoms with Gasteiger partial charge in [-0.1, -0.05) is 58.7 Å². The number of piperidine rings is 1. The fraction of sp³-hybridized carbons (Fsp3) is 0.647. The molecule has 2 aromatic rings. The minimum absolute atomic E-state index is 0. The van der Waals surface area contributed by atoms with Gasteiger partial charge in [-0.15, -0.1) is 0 Å². The van der Waals surface area contributed by atoms with Crippen molar-refractivity contribution < 1.29 is 58.6 Å². The number of hydrogen-bond donors (Lipinski definition) is 3. The van der Waals surface area contributed by atoms with Crippen molar-refractivity contribution in [2.45, 2.75) is 130 Å². The second-order valence-corrected chi connectivity index (χ2v) is 13.6. The molecule has 5 unspecified atom stereocenters. The first kappa shape index (κ1) is 39.6. The molecule has 3 N–H and O–H groups in total. The zero-order valence-electron chi connectivity index (χ0n) is 29.0. The van der Waals surface area contributed by atoms with E-state index in [1.807, 2.05) is 76.6 Å². The van der Waals surface area contributed by atoms with E-state index in [2.05, 4.69) is 16.0 Å². The Morgan fingerprint density at radius 3 is 2.17 bits per heavy atom. The summed E-state index contributed by atoms with van der Waals surface area (Å²) >= 11 is 0. The molecule has 1 aliphatic heterocycles. The van der Waals surface area contributed by atoms with E-state index >= 15 is 0 Å². The molecule has 0 saturated carbocycles. The number of ether oxygens (including phenoxy) is 1. The van der Waals surface area contributed by atoms with Crippen molar-refractivity contribution >= 4 is 34.7 Å². The Morgan fingerprint density at radius 2 is 1.59 bits per heavy atom. The molecule has 0 aliphatic carbocycles. The van der Waals surface area contributed by atoms with E-state index in [1.54, 1.807) is 12.0 Å². The number of nitrogens with one attached hydrogen (secondary N) is 3. The van der Waals surface area contributed by atoms with E-state index in [0.717, 1.165) is 42.1 Å². The minimum Gasteiger partial charge on any atom is -0.548 e. The summed E-state index contributed by atoms with van der Waals surface area (Å²) in [6.07, 6.45) is 6.69. The molecule has 12 heteroatoms. The monoisotopic (exact) mass is 649 g/mol. The van der Waals surface area contributed by atoms with Gasteiger partial charge in [-0.05, 0) is 63.0 Å². The third-order valence-electron chi connectivity index (χ3n) is 8.50. The summed E-state index contributed by atoms with van der Waals surface area (Å²) in [5.41, 5.74) is 1.37. The van der Waals surface area contributed by atoms with Gasteiger partial charge < -0.3 is 40.1 Å². The molecule has 0 spiro atoms. The van der Waals surface area contributed by atoms with Crippen LogP contribution in [0.1, 0.15) is 92.1 Å². The van der Waals surface area contributed by atoms with Crippen LogP contribution < -0.4 is 50.6 Å². The van der Waals surface area contributed by atoms with Gasteiger partial charge in [0.25, 0.3) is 0 Å². The molecule has 1 aromatic carbocycles. The SMILES string of the molecule is CCCCC(NC(=O)C(Cc1cn(COC)c2ccccc12)NC(=O)C(CC(C)(C)C)NC(=O)N1C(C)CCCC1C)C(=O)[O-].[Na+]. The normalized spacial score (nSPS) is 18.6. The first-order valence-corrected chi connectivity index (χ1v) is 16.2. The molecule has 0 bridgehead atoms. The number of rotatable bonds is 14. The van der Waals surface area contributed by atoms with Gasteiger partial charge in [-0.3, -0.25) is 9.59 Å². The second kappa shape index (κ2) is 18.1. The van der Waals surface area contributed by atoms with Crippen LogP contribution in [0, 0.1) is 5.41 Å². The fourth-order valence-electron chi connectivity index (χ4n) is 6.23. The summed E-state index contributed by atoms with van der Waals surface area (Å²) < 4.78 is 7.27. The molecule has 1 aliphatic rings. The van der Waals surface area contributed by atoms with Gasteiger partial charge in [-0.2, -0.15) is 0 Å². The van der Waals surface area contributed by atoms with Crippen LogP contribution in [0.15, 0.2) is 30.5 Å².